The van der Waals surface area contributed by atoms with Gasteiger partial charge in [0.25, 0.3) is 0 Å². The predicted molar refractivity (Wildman–Crippen MR) is 72.2 cm³/mol. The molecule has 0 aliphatic carbocycles. The van der Waals surface area contributed by atoms with Crippen molar-refractivity contribution in [2.75, 3.05) is 0 Å². The van der Waals surface area contributed by atoms with Gasteiger partial charge in [-0.05, 0) is 40.5 Å². The van der Waals surface area contributed by atoms with E-state index in [4.69, 9.17) is 11.6 Å². The summed E-state index contributed by atoms with van der Waals surface area (Å²) < 4.78 is 27.9. The maximum absolute atomic E-state index is 13.6. The van der Waals surface area contributed by atoms with Crippen LogP contribution in [0.2, 0.25) is 4.34 Å². The van der Waals surface area contributed by atoms with Crippen molar-refractivity contribution < 1.29 is 13.9 Å². The number of aliphatic hydroxyl groups is 1. The van der Waals surface area contributed by atoms with Gasteiger partial charge in [0.2, 0.25) is 0 Å². The van der Waals surface area contributed by atoms with Crippen molar-refractivity contribution in [2.24, 2.45) is 0 Å². The van der Waals surface area contributed by atoms with E-state index in [1.807, 2.05) is 0 Å². The zero-order valence-corrected chi connectivity index (χ0v) is 12.3. The highest BCUT2D eigenvalue weighted by molar-refractivity contribution is 9.10. The number of aryl methyl sites for hydroxylation is 1. The Bertz CT molecular complexity index is 581. The Kier molecular flexibility index (Phi) is 4.06. The van der Waals surface area contributed by atoms with Crippen molar-refractivity contribution in [3.8, 4) is 0 Å². The minimum Gasteiger partial charge on any atom is -0.383 e. The fourth-order valence-corrected chi connectivity index (χ4v) is 3.28. The van der Waals surface area contributed by atoms with E-state index < -0.39 is 17.7 Å². The van der Waals surface area contributed by atoms with Crippen LogP contribution < -0.4 is 0 Å². The fourth-order valence-electron chi connectivity index (χ4n) is 1.54. The molecule has 0 radical (unpaired) electrons. The van der Waals surface area contributed by atoms with Gasteiger partial charge < -0.3 is 5.11 Å². The average molecular weight is 354 g/mol. The normalized spacial score (nSPS) is 12.8. The molecule has 1 nitrogen and oxygen atoms in total. The molecule has 1 N–H and O–H groups in total. The summed E-state index contributed by atoms with van der Waals surface area (Å²) in [7, 11) is 0. The quantitative estimate of drug-likeness (QED) is 0.819. The molecule has 0 amide bonds. The molecule has 0 saturated heterocycles. The van der Waals surface area contributed by atoms with Crippen LogP contribution in [0.3, 0.4) is 0 Å². The van der Waals surface area contributed by atoms with E-state index in [2.05, 4.69) is 15.9 Å². The second-order valence-electron chi connectivity index (χ2n) is 3.80. The van der Waals surface area contributed by atoms with Crippen molar-refractivity contribution >= 4 is 38.9 Å². The Morgan fingerprint density at radius 2 is 1.94 bits per heavy atom. The Labute approximate surface area is 120 Å². The molecule has 1 aromatic heterocycles. The van der Waals surface area contributed by atoms with Gasteiger partial charge in [0.05, 0.1) is 0 Å². The van der Waals surface area contributed by atoms with Gasteiger partial charge in [0.1, 0.15) is 22.1 Å². The molecule has 0 spiro atoms. The van der Waals surface area contributed by atoms with Gasteiger partial charge in [-0.15, -0.1) is 11.3 Å². The molecule has 2 aromatic rings. The summed E-state index contributed by atoms with van der Waals surface area (Å²) in [6, 6.07) is 3.70. The first-order valence-electron chi connectivity index (χ1n) is 4.98. The van der Waals surface area contributed by atoms with Gasteiger partial charge >= 0.3 is 0 Å². The molecular weight excluding hydrogens is 346 g/mol. The number of hydrogen-bond acceptors (Lipinski definition) is 2. The topological polar surface area (TPSA) is 20.2 Å². The third kappa shape index (κ3) is 2.59. The van der Waals surface area contributed by atoms with Gasteiger partial charge in [-0.1, -0.05) is 11.6 Å². The molecule has 6 heteroatoms. The van der Waals surface area contributed by atoms with Gasteiger partial charge in [-0.25, -0.2) is 8.78 Å². The second kappa shape index (κ2) is 5.25. The van der Waals surface area contributed by atoms with Crippen LogP contribution in [-0.2, 0) is 0 Å². The molecule has 0 saturated carbocycles. The maximum atomic E-state index is 13.6. The number of aliphatic hydroxyl groups excluding tert-OH is 1. The van der Waals surface area contributed by atoms with E-state index in [0.29, 0.717) is 13.7 Å². The lowest BCUT2D eigenvalue weighted by Crippen LogP contribution is -2.02. The monoisotopic (exact) mass is 352 g/mol. The van der Waals surface area contributed by atoms with E-state index in [-0.39, 0.29) is 11.1 Å². The second-order valence-corrected chi connectivity index (χ2v) is 6.34. The highest BCUT2D eigenvalue weighted by Crippen LogP contribution is 2.38. The van der Waals surface area contributed by atoms with Crippen molar-refractivity contribution in [1.29, 1.82) is 0 Å². The van der Waals surface area contributed by atoms with Crippen molar-refractivity contribution in [3.63, 3.8) is 0 Å². The Hall–Kier alpha value is -0.490. The molecule has 0 aliphatic heterocycles. The summed E-state index contributed by atoms with van der Waals surface area (Å²) >= 11 is 10.2. The minimum absolute atomic E-state index is 0.0410. The molecule has 1 heterocycles. The van der Waals surface area contributed by atoms with Crippen LogP contribution in [0.5, 0.6) is 0 Å². The molecule has 0 aliphatic rings. The zero-order valence-electron chi connectivity index (χ0n) is 9.18. The Morgan fingerprint density at radius 3 is 2.50 bits per heavy atom. The van der Waals surface area contributed by atoms with E-state index >= 15 is 0 Å². The van der Waals surface area contributed by atoms with Crippen LogP contribution in [-0.4, -0.2) is 5.11 Å². The van der Waals surface area contributed by atoms with Crippen LogP contribution in [0.15, 0.2) is 22.7 Å². The van der Waals surface area contributed by atoms with Gasteiger partial charge in [-0.2, -0.15) is 0 Å². The third-order valence-corrected chi connectivity index (χ3v) is 5.03. The minimum atomic E-state index is -1.15. The van der Waals surface area contributed by atoms with Gasteiger partial charge in [0, 0.05) is 21.0 Å². The highest BCUT2D eigenvalue weighted by Gasteiger charge is 2.20. The smallest absolute Gasteiger partial charge is 0.132 e. The van der Waals surface area contributed by atoms with Crippen LogP contribution in [0.4, 0.5) is 8.78 Å². The SMILES string of the molecule is Cc1cc(C(O)c2cc(Br)c(Cl)s2)c(F)cc1F. The standard InChI is InChI=1S/C12H8BrClF2OS/c1-5-2-6(9(16)4-8(5)15)11(17)10-3-7(13)12(14)18-10/h2-4,11,17H,1H3. The fraction of sp³-hybridized carbons (Fsp3) is 0.167. The summed E-state index contributed by atoms with van der Waals surface area (Å²) in [5.74, 6) is -1.40. The Balaban J connectivity index is 2.45. The number of rotatable bonds is 2. The molecule has 0 fully saturated rings. The molecule has 96 valence electrons. The van der Waals surface area contributed by atoms with Crippen LogP contribution in [0.1, 0.15) is 22.1 Å². The van der Waals surface area contributed by atoms with Gasteiger partial charge in [-0.3, -0.25) is 0 Å². The molecule has 1 unspecified atom stereocenters. The average Bonchev–Trinajstić information content (AvgIpc) is 2.63. The molecule has 1 atom stereocenters. The highest BCUT2D eigenvalue weighted by atomic mass is 79.9. The van der Waals surface area contributed by atoms with E-state index in [1.54, 1.807) is 6.07 Å². The third-order valence-electron chi connectivity index (χ3n) is 2.51. The first kappa shape index (κ1) is 13.9. The van der Waals surface area contributed by atoms with Crippen molar-refractivity contribution in [1.82, 2.24) is 0 Å². The zero-order chi connectivity index (χ0) is 13.4. The summed E-state index contributed by atoms with van der Waals surface area (Å²) in [5, 5.41) is 10.1. The summed E-state index contributed by atoms with van der Waals surface area (Å²) in [6.45, 7) is 1.52. The van der Waals surface area contributed by atoms with E-state index in [1.165, 1.54) is 13.0 Å². The predicted octanol–water partition coefficient (Wildman–Crippen LogP) is 4.83. The van der Waals surface area contributed by atoms with Crippen LogP contribution >= 0.6 is 38.9 Å². The van der Waals surface area contributed by atoms with E-state index in [0.717, 1.165) is 17.4 Å². The van der Waals surface area contributed by atoms with Crippen LogP contribution in [0, 0.1) is 18.6 Å². The van der Waals surface area contributed by atoms with Crippen LogP contribution in [0.25, 0.3) is 0 Å². The number of halogens is 4. The molecular formula is C12H8BrClF2OS. The van der Waals surface area contributed by atoms with Crippen molar-refractivity contribution in [2.45, 2.75) is 13.0 Å². The largest absolute Gasteiger partial charge is 0.383 e. The molecule has 1 aromatic carbocycles. The molecule has 18 heavy (non-hydrogen) atoms. The summed E-state index contributed by atoms with van der Waals surface area (Å²) in [6.07, 6.45) is -1.15. The van der Waals surface area contributed by atoms with E-state index in [9.17, 15) is 13.9 Å². The number of thiophene rings is 1. The molecule has 0 bridgehead atoms. The number of benzene rings is 1. The number of hydrogen-bond donors (Lipinski definition) is 1. The summed E-state index contributed by atoms with van der Waals surface area (Å²) in [4.78, 5) is 0.497. The lowest BCUT2D eigenvalue weighted by atomic mass is 10.0. The summed E-state index contributed by atoms with van der Waals surface area (Å²) in [5.41, 5.74) is 0.325. The first-order valence-corrected chi connectivity index (χ1v) is 6.97. The first-order chi connectivity index (χ1) is 8.40. The maximum Gasteiger partial charge on any atom is 0.132 e. The lowest BCUT2D eigenvalue weighted by Gasteiger charge is -2.11. The van der Waals surface area contributed by atoms with Gasteiger partial charge in [0.15, 0.2) is 0 Å². The van der Waals surface area contributed by atoms with Crippen molar-refractivity contribution in [3.05, 3.63) is 54.6 Å². The molecule has 2 rings (SSSR count). The Morgan fingerprint density at radius 1 is 1.28 bits per heavy atom. The lowest BCUT2D eigenvalue weighted by molar-refractivity contribution is 0.218.